The van der Waals surface area contributed by atoms with Gasteiger partial charge in [0, 0.05) is 17.1 Å². The minimum Gasteiger partial charge on any atom is -0.352 e. The molecule has 0 aliphatic heterocycles. The number of nitrogens with one attached hydrogen (secondary N) is 2. The fraction of sp³-hybridized carbons (Fsp3) is 0.211. The average Bonchev–Trinajstić information content (AvgIpc) is 3.02. The van der Waals surface area contributed by atoms with Crippen LogP contribution in [-0.2, 0) is 0 Å². The van der Waals surface area contributed by atoms with Crippen molar-refractivity contribution in [1.29, 1.82) is 5.26 Å². The van der Waals surface area contributed by atoms with E-state index in [4.69, 9.17) is 16.9 Å². The van der Waals surface area contributed by atoms with E-state index in [9.17, 15) is 4.79 Å². The summed E-state index contributed by atoms with van der Waals surface area (Å²) in [6.45, 7) is 4.64. The van der Waals surface area contributed by atoms with Gasteiger partial charge < -0.3 is 10.3 Å². The number of hydrogen-bond acceptors (Lipinski definition) is 3. The lowest BCUT2D eigenvalue weighted by Crippen LogP contribution is -2.27. The minimum atomic E-state index is -0.204. The summed E-state index contributed by atoms with van der Waals surface area (Å²) in [4.78, 5) is 20.2. The molecule has 0 radical (unpaired) electrons. The zero-order chi connectivity index (χ0) is 18.0. The number of benzene rings is 2. The summed E-state index contributed by atoms with van der Waals surface area (Å²) in [6, 6.07) is 12.6. The number of nitrogens with zero attached hydrogens (tertiary/aromatic N) is 2. The van der Waals surface area contributed by atoms with Gasteiger partial charge >= 0.3 is 0 Å². The van der Waals surface area contributed by atoms with Gasteiger partial charge in [0.1, 0.15) is 11.3 Å². The summed E-state index contributed by atoms with van der Waals surface area (Å²) in [5, 5.41) is 12.4. The molecule has 1 aromatic heterocycles. The van der Waals surface area contributed by atoms with Gasteiger partial charge in [0.2, 0.25) is 0 Å². The fourth-order valence-corrected chi connectivity index (χ4v) is 2.74. The van der Waals surface area contributed by atoms with Gasteiger partial charge in [0.05, 0.1) is 22.7 Å². The number of imidazole rings is 1. The SMILES string of the molecule is CC(C)CNC(=O)c1cc(Cl)cc2[nH]c(-c3cccc(C#N)c3)nc12. The third-order valence-electron chi connectivity index (χ3n) is 3.73. The van der Waals surface area contributed by atoms with Gasteiger partial charge in [0.25, 0.3) is 5.91 Å². The molecule has 0 aliphatic rings. The van der Waals surface area contributed by atoms with E-state index < -0.39 is 0 Å². The van der Waals surface area contributed by atoms with Crippen molar-refractivity contribution >= 4 is 28.5 Å². The Morgan fingerprint density at radius 1 is 1.36 bits per heavy atom. The summed E-state index contributed by atoms with van der Waals surface area (Å²) >= 11 is 6.16. The third-order valence-corrected chi connectivity index (χ3v) is 3.95. The van der Waals surface area contributed by atoms with Crippen molar-refractivity contribution in [2.45, 2.75) is 13.8 Å². The maximum Gasteiger partial charge on any atom is 0.253 e. The van der Waals surface area contributed by atoms with E-state index in [0.717, 1.165) is 5.56 Å². The summed E-state index contributed by atoms with van der Waals surface area (Å²) < 4.78 is 0. The van der Waals surface area contributed by atoms with Crippen LogP contribution in [0, 0.1) is 17.2 Å². The number of fused-ring (bicyclic) bond motifs is 1. The zero-order valence-corrected chi connectivity index (χ0v) is 14.7. The highest BCUT2D eigenvalue weighted by Gasteiger charge is 2.16. The quantitative estimate of drug-likeness (QED) is 0.740. The van der Waals surface area contributed by atoms with E-state index in [1.54, 1.807) is 30.3 Å². The number of amides is 1. The number of aromatic amines is 1. The first-order chi connectivity index (χ1) is 12.0. The molecule has 0 bridgehead atoms. The highest BCUT2D eigenvalue weighted by molar-refractivity contribution is 6.32. The molecule has 3 rings (SSSR count). The van der Waals surface area contributed by atoms with E-state index in [1.165, 1.54) is 0 Å². The maximum absolute atomic E-state index is 12.5. The minimum absolute atomic E-state index is 0.204. The predicted molar refractivity (Wildman–Crippen MR) is 98.4 cm³/mol. The largest absolute Gasteiger partial charge is 0.352 e. The van der Waals surface area contributed by atoms with Crippen LogP contribution in [0.4, 0.5) is 0 Å². The standard InChI is InChI=1S/C19H17ClN4O/c1-11(2)10-22-19(25)15-7-14(20)8-16-17(15)24-18(23-16)13-5-3-4-12(6-13)9-21/h3-8,11H,10H2,1-2H3,(H,22,25)(H,23,24). The van der Waals surface area contributed by atoms with Gasteiger partial charge in [-0.25, -0.2) is 4.98 Å². The second-order valence-corrected chi connectivity index (χ2v) is 6.67. The second kappa shape index (κ2) is 6.96. The third kappa shape index (κ3) is 3.65. The van der Waals surface area contributed by atoms with Gasteiger partial charge in [-0.2, -0.15) is 5.26 Å². The highest BCUT2D eigenvalue weighted by Crippen LogP contribution is 2.26. The molecular formula is C19H17ClN4O. The van der Waals surface area contributed by atoms with Gasteiger partial charge in [-0.1, -0.05) is 37.6 Å². The number of carbonyl (C=O) groups excluding carboxylic acids is 1. The van der Waals surface area contributed by atoms with E-state index in [0.29, 0.717) is 45.5 Å². The van der Waals surface area contributed by atoms with Crippen molar-refractivity contribution in [3.8, 4) is 17.5 Å². The lowest BCUT2D eigenvalue weighted by Gasteiger charge is -2.08. The molecule has 0 atom stereocenters. The molecule has 0 saturated heterocycles. The first-order valence-electron chi connectivity index (χ1n) is 7.96. The van der Waals surface area contributed by atoms with Gasteiger partial charge in [-0.15, -0.1) is 0 Å². The van der Waals surface area contributed by atoms with Crippen LogP contribution in [0.3, 0.4) is 0 Å². The average molecular weight is 353 g/mol. The summed E-state index contributed by atoms with van der Waals surface area (Å²) in [5.41, 5.74) is 3.00. The Kier molecular flexibility index (Phi) is 4.73. The smallest absolute Gasteiger partial charge is 0.253 e. The summed E-state index contributed by atoms with van der Waals surface area (Å²) in [7, 11) is 0. The van der Waals surface area contributed by atoms with Crippen LogP contribution in [0.2, 0.25) is 5.02 Å². The zero-order valence-electron chi connectivity index (χ0n) is 13.9. The molecule has 2 N–H and O–H groups in total. The van der Waals surface area contributed by atoms with Crippen molar-refractivity contribution in [3.63, 3.8) is 0 Å². The van der Waals surface area contributed by atoms with E-state index in [2.05, 4.69) is 21.4 Å². The van der Waals surface area contributed by atoms with Crippen molar-refractivity contribution in [2.75, 3.05) is 6.54 Å². The first-order valence-corrected chi connectivity index (χ1v) is 8.33. The highest BCUT2D eigenvalue weighted by atomic mass is 35.5. The first kappa shape index (κ1) is 17.0. The van der Waals surface area contributed by atoms with Crippen LogP contribution >= 0.6 is 11.6 Å². The van der Waals surface area contributed by atoms with Crippen LogP contribution < -0.4 is 5.32 Å². The van der Waals surface area contributed by atoms with E-state index >= 15 is 0 Å². The molecule has 0 spiro atoms. The molecule has 25 heavy (non-hydrogen) atoms. The predicted octanol–water partition coefficient (Wildman–Crippen LogP) is 4.14. The van der Waals surface area contributed by atoms with Crippen molar-refractivity contribution in [2.24, 2.45) is 5.92 Å². The number of hydrogen-bond donors (Lipinski definition) is 2. The number of carbonyl (C=O) groups is 1. The van der Waals surface area contributed by atoms with Gasteiger partial charge in [-0.05, 0) is 30.2 Å². The van der Waals surface area contributed by atoms with Crippen LogP contribution in [0.25, 0.3) is 22.4 Å². The molecule has 0 fully saturated rings. The lowest BCUT2D eigenvalue weighted by atomic mass is 10.1. The van der Waals surface area contributed by atoms with Gasteiger partial charge in [-0.3, -0.25) is 4.79 Å². The van der Waals surface area contributed by atoms with Gasteiger partial charge in [0.15, 0.2) is 0 Å². The molecule has 0 saturated carbocycles. The molecule has 6 heteroatoms. The molecular weight excluding hydrogens is 336 g/mol. The molecule has 0 unspecified atom stereocenters. The number of H-pyrrole nitrogens is 1. The van der Waals surface area contributed by atoms with E-state index in [1.807, 2.05) is 19.9 Å². The van der Waals surface area contributed by atoms with Crippen molar-refractivity contribution < 1.29 is 4.79 Å². The number of rotatable bonds is 4. The Hall–Kier alpha value is -2.84. The Morgan fingerprint density at radius 2 is 2.16 bits per heavy atom. The van der Waals surface area contributed by atoms with Crippen LogP contribution in [-0.4, -0.2) is 22.4 Å². The molecule has 0 aliphatic carbocycles. The monoisotopic (exact) mass is 352 g/mol. The van der Waals surface area contributed by atoms with Crippen LogP contribution in [0.5, 0.6) is 0 Å². The summed E-state index contributed by atoms with van der Waals surface area (Å²) in [5.74, 6) is 0.736. The Bertz CT molecular complexity index is 985. The topological polar surface area (TPSA) is 81.6 Å². The lowest BCUT2D eigenvalue weighted by molar-refractivity contribution is 0.0950. The Labute approximate surface area is 150 Å². The van der Waals surface area contributed by atoms with Crippen molar-refractivity contribution in [3.05, 3.63) is 52.5 Å². The number of aromatic nitrogens is 2. The molecule has 1 heterocycles. The number of halogens is 1. The molecule has 126 valence electrons. The molecule has 2 aromatic carbocycles. The van der Waals surface area contributed by atoms with Crippen LogP contribution in [0.15, 0.2) is 36.4 Å². The van der Waals surface area contributed by atoms with E-state index in [-0.39, 0.29) is 5.91 Å². The normalized spacial score (nSPS) is 10.8. The van der Waals surface area contributed by atoms with Crippen LogP contribution in [0.1, 0.15) is 29.8 Å². The maximum atomic E-state index is 12.5. The molecule has 5 nitrogen and oxygen atoms in total. The number of nitriles is 1. The molecule has 3 aromatic rings. The Balaban J connectivity index is 2.06. The Morgan fingerprint density at radius 3 is 2.88 bits per heavy atom. The van der Waals surface area contributed by atoms with Crippen molar-refractivity contribution in [1.82, 2.24) is 15.3 Å². The second-order valence-electron chi connectivity index (χ2n) is 6.23. The molecule has 1 amide bonds. The summed E-state index contributed by atoms with van der Waals surface area (Å²) in [6.07, 6.45) is 0. The fourth-order valence-electron chi connectivity index (χ4n) is 2.52.